The first-order valence-corrected chi connectivity index (χ1v) is 16.3. The summed E-state index contributed by atoms with van der Waals surface area (Å²) < 4.78 is 2.12. The molecule has 40 heavy (non-hydrogen) atoms. The minimum Gasteiger partial charge on any atom is -0.374 e. The second-order valence-electron chi connectivity index (χ2n) is 9.60. The maximum Gasteiger partial charge on any atom is 0.204 e. The predicted octanol–water partition coefficient (Wildman–Crippen LogP) is 7.26. The second kappa shape index (κ2) is 18.2. The lowest BCUT2D eigenvalue weighted by Gasteiger charge is -2.23. The van der Waals surface area contributed by atoms with Crippen molar-refractivity contribution in [1.29, 1.82) is 0 Å². The van der Waals surface area contributed by atoms with Crippen LogP contribution in [-0.2, 0) is 7.05 Å². The molecule has 0 spiro atoms. The Kier molecular flexibility index (Phi) is 14.2. The maximum atomic E-state index is 3.92. The standard InChI is InChI=1S/C34H43N4S2/c1-35-24-10-7-5-6-8-12-30-14-20-33(21-15-30)37(3)26-28-39-40-29-27-38(4)34-22-17-31(18-23-34)16-19-32-13-9-11-25-36(32)2/h5-14,16-25,30H,15,26-29H2,1-4H3/q+1/b6-5+,10-7-,12-8+,35-24+. The molecule has 1 unspecified atom stereocenters. The van der Waals surface area contributed by atoms with Crippen molar-refractivity contribution in [3.8, 4) is 0 Å². The van der Waals surface area contributed by atoms with E-state index in [2.05, 4.69) is 132 Å². The molecule has 3 rings (SSSR count). The molecule has 1 heterocycles. The van der Waals surface area contributed by atoms with Crippen LogP contribution >= 0.6 is 21.6 Å². The summed E-state index contributed by atoms with van der Waals surface area (Å²) in [5.41, 5.74) is 4.98. The summed E-state index contributed by atoms with van der Waals surface area (Å²) in [5.74, 6) is 2.68. The number of pyridine rings is 1. The van der Waals surface area contributed by atoms with Gasteiger partial charge in [0.25, 0.3) is 0 Å². The van der Waals surface area contributed by atoms with Gasteiger partial charge in [-0.1, -0.05) is 76.3 Å². The zero-order valence-corrected chi connectivity index (χ0v) is 25.9. The summed E-state index contributed by atoms with van der Waals surface area (Å²) in [6.45, 7) is 2.08. The van der Waals surface area contributed by atoms with Gasteiger partial charge in [-0.2, -0.15) is 0 Å². The Balaban J connectivity index is 1.29. The molecule has 2 aromatic rings. The smallest absolute Gasteiger partial charge is 0.204 e. The Hall–Kier alpha value is -3.22. The number of hydrogen-bond donors (Lipinski definition) is 0. The first-order chi connectivity index (χ1) is 19.6. The van der Waals surface area contributed by atoms with Crippen LogP contribution in [0.4, 0.5) is 5.69 Å². The third-order valence-electron chi connectivity index (χ3n) is 6.57. The molecule has 1 aromatic carbocycles. The number of aryl methyl sites for hydroxylation is 1. The van der Waals surface area contributed by atoms with Crippen molar-refractivity contribution in [3.05, 3.63) is 120 Å². The summed E-state index contributed by atoms with van der Waals surface area (Å²) in [5, 5.41) is 0. The van der Waals surface area contributed by atoms with Crippen molar-refractivity contribution in [2.45, 2.75) is 6.42 Å². The number of hydrogen-bond acceptors (Lipinski definition) is 5. The molecule has 6 heteroatoms. The van der Waals surface area contributed by atoms with E-state index in [1.54, 1.807) is 13.3 Å². The molecular weight excluding hydrogens is 529 g/mol. The molecule has 1 aliphatic rings. The van der Waals surface area contributed by atoms with E-state index in [1.807, 2.05) is 45.9 Å². The highest BCUT2D eigenvalue weighted by atomic mass is 33.1. The molecule has 4 nitrogen and oxygen atoms in total. The molecule has 0 aliphatic heterocycles. The zero-order valence-electron chi connectivity index (χ0n) is 24.3. The topological polar surface area (TPSA) is 22.7 Å². The summed E-state index contributed by atoms with van der Waals surface area (Å²) in [6.07, 6.45) is 28.5. The fourth-order valence-electron chi connectivity index (χ4n) is 4.04. The van der Waals surface area contributed by atoms with Gasteiger partial charge in [0.05, 0.1) is 0 Å². The number of aliphatic imine (C=N–C) groups is 1. The van der Waals surface area contributed by atoms with Gasteiger partial charge in [-0.25, -0.2) is 4.57 Å². The van der Waals surface area contributed by atoms with E-state index in [9.17, 15) is 0 Å². The van der Waals surface area contributed by atoms with Gasteiger partial charge < -0.3 is 9.80 Å². The highest BCUT2D eigenvalue weighted by Crippen LogP contribution is 2.24. The Morgan fingerprint density at radius 3 is 2.33 bits per heavy atom. The van der Waals surface area contributed by atoms with Gasteiger partial charge in [-0.3, -0.25) is 4.99 Å². The van der Waals surface area contributed by atoms with E-state index in [4.69, 9.17) is 0 Å². The van der Waals surface area contributed by atoms with Crippen LogP contribution in [0.25, 0.3) is 12.2 Å². The molecule has 1 atom stereocenters. The van der Waals surface area contributed by atoms with Gasteiger partial charge in [0, 0.05) is 81.5 Å². The summed E-state index contributed by atoms with van der Waals surface area (Å²) in [6, 6.07) is 15.0. The number of nitrogens with zero attached hydrogens (tertiary/aromatic N) is 4. The molecule has 0 saturated carbocycles. The fourth-order valence-corrected chi connectivity index (χ4v) is 6.13. The Morgan fingerprint density at radius 2 is 1.62 bits per heavy atom. The molecule has 0 saturated heterocycles. The van der Waals surface area contributed by atoms with Crippen molar-refractivity contribution in [3.63, 3.8) is 0 Å². The summed E-state index contributed by atoms with van der Waals surface area (Å²) >= 11 is 0. The minimum atomic E-state index is 0.468. The van der Waals surface area contributed by atoms with Gasteiger partial charge in [-0.05, 0) is 54.3 Å². The van der Waals surface area contributed by atoms with Crippen molar-refractivity contribution in [2.75, 3.05) is 50.6 Å². The maximum absolute atomic E-state index is 3.92. The Labute approximate surface area is 249 Å². The van der Waals surface area contributed by atoms with Crippen molar-refractivity contribution >= 4 is 45.6 Å². The number of benzene rings is 1. The van der Waals surface area contributed by atoms with E-state index in [0.29, 0.717) is 5.92 Å². The zero-order chi connectivity index (χ0) is 28.4. The third-order valence-corrected chi connectivity index (χ3v) is 8.94. The lowest BCUT2D eigenvalue weighted by Crippen LogP contribution is -2.30. The predicted molar refractivity (Wildman–Crippen MR) is 181 cm³/mol. The van der Waals surface area contributed by atoms with Crippen LogP contribution in [0, 0.1) is 5.92 Å². The van der Waals surface area contributed by atoms with E-state index in [1.165, 1.54) is 22.6 Å². The van der Waals surface area contributed by atoms with Crippen LogP contribution in [-0.4, -0.2) is 56.9 Å². The molecular formula is C34H43N4S2+. The molecule has 0 fully saturated rings. The molecule has 0 radical (unpaired) electrons. The Morgan fingerprint density at radius 1 is 0.900 bits per heavy atom. The highest BCUT2D eigenvalue weighted by molar-refractivity contribution is 8.76. The van der Waals surface area contributed by atoms with Crippen LogP contribution in [0.15, 0.2) is 114 Å². The van der Waals surface area contributed by atoms with E-state index in [0.717, 1.165) is 31.0 Å². The van der Waals surface area contributed by atoms with Gasteiger partial charge in [0.2, 0.25) is 5.69 Å². The number of aromatic nitrogens is 1. The van der Waals surface area contributed by atoms with Crippen molar-refractivity contribution < 1.29 is 4.57 Å². The van der Waals surface area contributed by atoms with E-state index in [-0.39, 0.29) is 0 Å². The van der Waals surface area contributed by atoms with Crippen LogP contribution in [0.5, 0.6) is 0 Å². The molecule has 0 bridgehead atoms. The van der Waals surface area contributed by atoms with Crippen LogP contribution < -0.4 is 9.47 Å². The molecule has 210 valence electrons. The van der Waals surface area contributed by atoms with Gasteiger partial charge in [-0.15, -0.1) is 0 Å². The summed E-state index contributed by atoms with van der Waals surface area (Å²) in [7, 11) is 12.1. The largest absolute Gasteiger partial charge is 0.374 e. The van der Waals surface area contributed by atoms with E-state index < -0.39 is 0 Å². The van der Waals surface area contributed by atoms with Crippen molar-refractivity contribution in [2.24, 2.45) is 18.0 Å². The first kappa shape index (κ1) is 31.3. The average Bonchev–Trinajstić information content (AvgIpc) is 2.98. The van der Waals surface area contributed by atoms with Crippen LogP contribution in [0.2, 0.25) is 0 Å². The van der Waals surface area contributed by atoms with E-state index >= 15 is 0 Å². The average molecular weight is 572 g/mol. The third kappa shape index (κ3) is 11.5. The van der Waals surface area contributed by atoms with Crippen LogP contribution in [0.1, 0.15) is 17.7 Å². The Bertz CT molecular complexity index is 1240. The number of anilines is 1. The normalized spacial score (nSPS) is 15.8. The number of allylic oxidation sites excluding steroid dienone is 9. The van der Waals surface area contributed by atoms with Gasteiger partial charge >= 0.3 is 0 Å². The number of rotatable bonds is 15. The SMILES string of the molecule is C/N=C/C=C\C=C\C=C\C1C=CC(N(C)CCSSCCN(C)c2ccc(/C=C/c3cccc[n+]3C)cc2)=CC1. The number of likely N-dealkylation sites (N-methyl/N-ethyl adjacent to an activating group) is 1. The highest BCUT2D eigenvalue weighted by Gasteiger charge is 2.09. The van der Waals surface area contributed by atoms with Crippen molar-refractivity contribution in [1.82, 2.24) is 4.90 Å². The minimum absolute atomic E-state index is 0.468. The van der Waals surface area contributed by atoms with Gasteiger partial charge in [0.15, 0.2) is 6.20 Å². The van der Waals surface area contributed by atoms with Gasteiger partial charge in [0.1, 0.15) is 7.05 Å². The molecule has 0 amide bonds. The second-order valence-corrected chi connectivity index (χ2v) is 12.3. The molecule has 1 aromatic heterocycles. The molecule has 0 N–H and O–H groups in total. The fraction of sp³-hybridized carbons (Fsp3) is 0.294. The lowest BCUT2D eigenvalue weighted by molar-refractivity contribution is -0.673. The summed E-state index contributed by atoms with van der Waals surface area (Å²) in [4.78, 5) is 8.62. The lowest BCUT2D eigenvalue weighted by atomic mass is 9.98. The van der Waals surface area contributed by atoms with Crippen LogP contribution in [0.3, 0.4) is 0 Å². The first-order valence-electron chi connectivity index (χ1n) is 13.8. The monoisotopic (exact) mass is 571 g/mol. The molecule has 1 aliphatic carbocycles. The quantitative estimate of drug-likeness (QED) is 0.0738.